The van der Waals surface area contributed by atoms with E-state index in [1.807, 2.05) is 0 Å². The van der Waals surface area contributed by atoms with E-state index in [0.717, 1.165) is 5.92 Å². The number of fused-ring (bicyclic) bond motifs is 1. The first-order chi connectivity index (χ1) is 10.3. The van der Waals surface area contributed by atoms with Crippen LogP contribution >= 0.6 is 0 Å². The van der Waals surface area contributed by atoms with Crippen molar-refractivity contribution in [3.63, 3.8) is 0 Å². The third-order valence-corrected chi connectivity index (χ3v) is 4.47. The van der Waals surface area contributed by atoms with Crippen molar-refractivity contribution in [2.45, 2.75) is 32.7 Å². The minimum Gasteiger partial charge on any atom is -0.340 e. The Morgan fingerprint density at radius 1 is 0.905 bits per heavy atom. The predicted molar refractivity (Wildman–Crippen MR) is 90.6 cm³/mol. The molecule has 1 heterocycles. The van der Waals surface area contributed by atoms with Crippen LogP contribution in [0.25, 0.3) is 10.9 Å². The zero-order chi connectivity index (χ0) is 14.7. The molecule has 0 fully saturated rings. The minimum absolute atomic E-state index is 0.418. The number of rotatable bonds is 5. The second-order valence-electron chi connectivity index (χ2n) is 5.96. The molecule has 3 aromatic rings. The van der Waals surface area contributed by atoms with Crippen LogP contribution in [0.4, 0.5) is 0 Å². The molecule has 1 aromatic heterocycles. The van der Waals surface area contributed by atoms with Crippen molar-refractivity contribution in [1.82, 2.24) is 4.57 Å². The van der Waals surface area contributed by atoms with Crippen molar-refractivity contribution in [3.05, 3.63) is 72.4 Å². The van der Waals surface area contributed by atoms with Gasteiger partial charge in [-0.2, -0.15) is 0 Å². The van der Waals surface area contributed by atoms with Gasteiger partial charge in [0.25, 0.3) is 0 Å². The van der Waals surface area contributed by atoms with Gasteiger partial charge in [-0.25, -0.2) is 0 Å². The molecule has 21 heavy (non-hydrogen) atoms. The molecule has 0 aliphatic carbocycles. The highest BCUT2D eigenvalue weighted by Crippen LogP contribution is 2.30. The molecule has 2 aromatic carbocycles. The third-order valence-electron chi connectivity index (χ3n) is 4.47. The summed E-state index contributed by atoms with van der Waals surface area (Å²) in [4.78, 5) is 0. The monoisotopic (exact) mass is 277 g/mol. The molecule has 3 rings (SSSR count). The van der Waals surface area contributed by atoms with E-state index in [-0.39, 0.29) is 0 Å². The molecule has 0 saturated carbocycles. The van der Waals surface area contributed by atoms with Crippen LogP contribution in [0.3, 0.4) is 0 Å². The molecule has 0 amide bonds. The first-order valence-electron chi connectivity index (χ1n) is 7.90. The lowest BCUT2D eigenvalue weighted by atomic mass is 9.94. The number of para-hydroxylation sites is 1. The zero-order valence-corrected chi connectivity index (χ0v) is 12.9. The topological polar surface area (TPSA) is 4.93 Å². The maximum atomic E-state index is 2.44. The van der Waals surface area contributed by atoms with Crippen molar-refractivity contribution < 1.29 is 0 Å². The van der Waals surface area contributed by atoms with Crippen LogP contribution in [-0.2, 0) is 0 Å². The first kappa shape index (κ1) is 13.9. The second-order valence-corrected chi connectivity index (χ2v) is 5.96. The summed E-state index contributed by atoms with van der Waals surface area (Å²) in [7, 11) is 0. The lowest BCUT2D eigenvalue weighted by molar-refractivity contribution is 0.425. The molecule has 0 aliphatic rings. The molecule has 0 aliphatic heterocycles. The molecule has 0 N–H and O–H groups in total. The Balaban J connectivity index is 2.06. The Kier molecular flexibility index (Phi) is 4.10. The van der Waals surface area contributed by atoms with Gasteiger partial charge in [0.1, 0.15) is 0 Å². The summed E-state index contributed by atoms with van der Waals surface area (Å²) in [5.74, 6) is 0.719. The van der Waals surface area contributed by atoms with Crippen molar-refractivity contribution in [2.75, 3.05) is 0 Å². The molecule has 0 saturated heterocycles. The lowest BCUT2D eigenvalue weighted by Gasteiger charge is -2.24. The van der Waals surface area contributed by atoms with Crippen LogP contribution in [-0.4, -0.2) is 4.57 Å². The average Bonchev–Trinajstić information content (AvgIpc) is 2.97. The van der Waals surface area contributed by atoms with Gasteiger partial charge in [-0.15, -0.1) is 0 Å². The van der Waals surface area contributed by atoms with Crippen LogP contribution < -0.4 is 0 Å². The van der Waals surface area contributed by atoms with E-state index in [1.165, 1.54) is 29.3 Å². The van der Waals surface area contributed by atoms with Gasteiger partial charge in [-0.1, -0.05) is 68.8 Å². The first-order valence-corrected chi connectivity index (χ1v) is 7.90. The Labute approximate surface area is 127 Å². The Hall–Kier alpha value is -2.02. The molecular formula is C20H23N. The Bertz CT molecular complexity index is 696. The van der Waals surface area contributed by atoms with E-state index >= 15 is 0 Å². The fraction of sp³-hybridized carbons (Fsp3) is 0.300. The Morgan fingerprint density at radius 2 is 1.62 bits per heavy atom. The molecule has 0 radical (unpaired) electrons. The molecule has 1 nitrogen and oxygen atoms in total. The number of aromatic nitrogens is 1. The fourth-order valence-corrected chi connectivity index (χ4v) is 3.01. The van der Waals surface area contributed by atoms with Crippen molar-refractivity contribution >= 4 is 10.9 Å². The summed E-state index contributed by atoms with van der Waals surface area (Å²) in [5, 5.41) is 1.32. The summed E-state index contributed by atoms with van der Waals surface area (Å²) in [5.41, 5.74) is 2.73. The van der Waals surface area contributed by atoms with Crippen molar-refractivity contribution in [2.24, 2.45) is 5.92 Å². The van der Waals surface area contributed by atoms with E-state index in [0.29, 0.717) is 6.04 Å². The van der Waals surface area contributed by atoms with E-state index in [2.05, 4.69) is 85.3 Å². The molecule has 0 bridgehead atoms. The van der Waals surface area contributed by atoms with Crippen LogP contribution in [0.2, 0.25) is 0 Å². The molecule has 1 unspecified atom stereocenters. The maximum Gasteiger partial charge on any atom is 0.0588 e. The molecule has 1 heteroatoms. The summed E-state index contributed by atoms with van der Waals surface area (Å²) in [6, 6.07) is 22.2. The second kappa shape index (κ2) is 6.17. The fourth-order valence-electron chi connectivity index (χ4n) is 3.01. The van der Waals surface area contributed by atoms with Gasteiger partial charge in [0.2, 0.25) is 0 Å². The van der Waals surface area contributed by atoms with Crippen LogP contribution in [0.1, 0.15) is 38.3 Å². The summed E-state index contributed by atoms with van der Waals surface area (Å²) < 4.78 is 2.44. The highest BCUT2D eigenvalue weighted by molar-refractivity contribution is 5.80. The number of benzene rings is 2. The van der Waals surface area contributed by atoms with Gasteiger partial charge in [0.15, 0.2) is 0 Å². The standard InChI is InChI=1S/C20H23N/c1-3-16(2)15-20(17-9-5-4-6-10-17)21-14-13-18-11-7-8-12-19(18)21/h4-14,16,20H,3,15H2,1-2H3/t16-,20?/m0/s1. The summed E-state index contributed by atoms with van der Waals surface area (Å²) >= 11 is 0. The molecule has 2 atom stereocenters. The zero-order valence-electron chi connectivity index (χ0n) is 12.9. The quantitative estimate of drug-likeness (QED) is 0.566. The van der Waals surface area contributed by atoms with E-state index in [4.69, 9.17) is 0 Å². The molecular weight excluding hydrogens is 254 g/mol. The normalized spacial score (nSPS) is 14.2. The van der Waals surface area contributed by atoms with Gasteiger partial charge in [0.05, 0.1) is 6.04 Å². The van der Waals surface area contributed by atoms with E-state index < -0.39 is 0 Å². The minimum atomic E-state index is 0.418. The van der Waals surface area contributed by atoms with Crippen LogP contribution in [0.15, 0.2) is 66.9 Å². The largest absolute Gasteiger partial charge is 0.340 e. The van der Waals surface area contributed by atoms with E-state index in [1.54, 1.807) is 0 Å². The highest BCUT2D eigenvalue weighted by atomic mass is 15.0. The smallest absolute Gasteiger partial charge is 0.0588 e. The van der Waals surface area contributed by atoms with Gasteiger partial charge < -0.3 is 4.57 Å². The van der Waals surface area contributed by atoms with Crippen molar-refractivity contribution in [1.29, 1.82) is 0 Å². The molecule has 0 spiro atoms. The number of hydrogen-bond acceptors (Lipinski definition) is 0. The van der Waals surface area contributed by atoms with E-state index in [9.17, 15) is 0 Å². The SMILES string of the molecule is CC[C@H](C)CC(c1ccccc1)n1ccc2ccccc21. The summed E-state index contributed by atoms with van der Waals surface area (Å²) in [6.45, 7) is 4.63. The Morgan fingerprint density at radius 3 is 2.38 bits per heavy atom. The van der Waals surface area contributed by atoms with Gasteiger partial charge in [0, 0.05) is 11.7 Å². The van der Waals surface area contributed by atoms with Crippen molar-refractivity contribution in [3.8, 4) is 0 Å². The van der Waals surface area contributed by atoms with Gasteiger partial charge in [-0.3, -0.25) is 0 Å². The predicted octanol–water partition coefficient (Wildman–Crippen LogP) is 5.67. The van der Waals surface area contributed by atoms with Crippen LogP contribution in [0.5, 0.6) is 0 Å². The molecule has 108 valence electrons. The maximum absolute atomic E-state index is 2.44. The van der Waals surface area contributed by atoms with Gasteiger partial charge in [-0.05, 0) is 35.4 Å². The van der Waals surface area contributed by atoms with Crippen LogP contribution in [0, 0.1) is 5.92 Å². The lowest BCUT2D eigenvalue weighted by Crippen LogP contribution is -2.13. The summed E-state index contributed by atoms with van der Waals surface area (Å²) in [6.07, 6.45) is 4.65. The average molecular weight is 277 g/mol. The third kappa shape index (κ3) is 2.87. The van der Waals surface area contributed by atoms with Gasteiger partial charge >= 0.3 is 0 Å². The number of nitrogens with zero attached hydrogens (tertiary/aromatic N) is 1. The number of hydrogen-bond donors (Lipinski definition) is 0. The highest BCUT2D eigenvalue weighted by Gasteiger charge is 2.17.